The van der Waals surface area contributed by atoms with Gasteiger partial charge in [-0.15, -0.1) is 0 Å². The fraction of sp³-hybridized carbons (Fsp3) is 0.238. The number of fused-ring (bicyclic) bond motifs is 1. The molecule has 0 fully saturated rings. The highest BCUT2D eigenvalue weighted by molar-refractivity contribution is 7.89. The molecule has 3 rings (SSSR count). The zero-order chi connectivity index (χ0) is 21.9. The third-order valence-corrected chi connectivity index (χ3v) is 6.79. The van der Waals surface area contributed by atoms with Crippen LogP contribution < -0.4 is 0 Å². The molecule has 0 radical (unpaired) electrons. The van der Waals surface area contributed by atoms with Crippen molar-refractivity contribution in [1.29, 1.82) is 5.26 Å². The fourth-order valence-electron chi connectivity index (χ4n) is 3.17. The van der Waals surface area contributed by atoms with Gasteiger partial charge in [0.2, 0.25) is 10.0 Å². The molecule has 0 N–H and O–H groups in total. The van der Waals surface area contributed by atoms with Gasteiger partial charge in [-0.25, -0.2) is 17.6 Å². The van der Waals surface area contributed by atoms with Crippen LogP contribution in [0.2, 0.25) is 0 Å². The van der Waals surface area contributed by atoms with Crippen molar-refractivity contribution in [2.75, 3.05) is 13.1 Å². The molecule has 30 heavy (non-hydrogen) atoms. The van der Waals surface area contributed by atoms with Gasteiger partial charge >= 0.3 is 5.97 Å². The fourth-order valence-corrected chi connectivity index (χ4v) is 4.72. The van der Waals surface area contributed by atoms with Crippen molar-refractivity contribution in [3.8, 4) is 6.07 Å². The Morgan fingerprint density at radius 1 is 1.23 bits per heavy atom. The molecule has 0 atom stereocenters. The van der Waals surface area contributed by atoms with Gasteiger partial charge in [-0.3, -0.25) is 0 Å². The number of aromatic nitrogens is 1. The summed E-state index contributed by atoms with van der Waals surface area (Å²) in [7, 11) is -4.08. The Hall–Kier alpha value is -3.22. The number of hydrogen-bond donors (Lipinski definition) is 0. The van der Waals surface area contributed by atoms with Gasteiger partial charge < -0.3 is 9.14 Å². The Labute approximate surface area is 174 Å². The first-order chi connectivity index (χ1) is 14.3. The Bertz CT molecular complexity index is 1240. The van der Waals surface area contributed by atoms with Crippen LogP contribution in [-0.4, -0.2) is 36.2 Å². The second-order valence-electron chi connectivity index (χ2n) is 6.44. The van der Waals surface area contributed by atoms with Crippen LogP contribution in [0.5, 0.6) is 0 Å². The van der Waals surface area contributed by atoms with E-state index in [0.717, 1.165) is 16.4 Å². The number of ether oxygens (including phenoxy) is 1. The number of carbonyl (C=O) groups excluding carboxylic acids is 1. The van der Waals surface area contributed by atoms with Gasteiger partial charge in [-0.05, 0) is 30.3 Å². The van der Waals surface area contributed by atoms with E-state index in [1.165, 1.54) is 6.07 Å². The van der Waals surface area contributed by atoms with E-state index < -0.39 is 26.7 Å². The molecule has 0 spiro atoms. The highest BCUT2D eigenvalue weighted by atomic mass is 32.2. The molecule has 0 saturated heterocycles. The number of pyridine rings is 1. The lowest BCUT2D eigenvalue weighted by Crippen LogP contribution is -2.31. The Kier molecular flexibility index (Phi) is 6.20. The molecule has 0 saturated carbocycles. The molecule has 3 aromatic rings. The number of nitrogens with zero attached hydrogens (tertiary/aromatic N) is 3. The van der Waals surface area contributed by atoms with Crippen molar-refractivity contribution in [3.63, 3.8) is 0 Å². The maximum atomic E-state index is 14.2. The van der Waals surface area contributed by atoms with Gasteiger partial charge in [0.15, 0.2) is 0 Å². The van der Waals surface area contributed by atoms with Crippen molar-refractivity contribution in [2.45, 2.75) is 25.3 Å². The van der Waals surface area contributed by atoms with Crippen LogP contribution in [0.15, 0.2) is 53.7 Å². The van der Waals surface area contributed by atoms with Crippen LogP contribution in [0.3, 0.4) is 0 Å². The molecule has 0 amide bonds. The quantitative estimate of drug-likeness (QED) is 0.537. The average molecular weight is 429 g/mol. The number of benzene rings is 1. The summed E-state index contributed by atoms with van der Waals surface area (Å²) in [5.74, 6) is -1.76. The van der Waals surface area contributed by atoms with Gasteiger partial charge in [0.25, 0.3) is 0 Å². The summed E-state index contributed by atoms with van der Waals surface area (Å²) in [4.78, 5) is 11.9. The van der Waals surface area contributed by atoms with E-state index in [4.69, 9.17) is 4.74 Å². The minimum absolute atomic E-state index is 0.0931. The lowest BCUT2D eigenvalue weighted by Gasteiger charge is -2.19. The van der Waals surface area contributed by atoms with E-state index in [9.17, 15) is 22.9 Å². The number of carbonyl (C=O) groups is 1. The topological polar surface area (TPSA) is 91.9 Å². The first kappa shape index (κ1) is 21.5. The lowest BCUT2D eigenvalue weighted by molar-refractivity contribution is 0.0472. The largest absolute Gasteiger partial charge is 0.457 e. The maximum absolute atomic E-state index is 14.2. The number of rotatable bonds is 7. The summed E-state index contributed by atoms with van der Waals surface area (Å²) >= 11 is 0. The van der Waals surface area contributed by atoms with E-state index in [2.05, 4.69) is 6.07 Å². The summed E-state index contributed by atoms with van der Waals surface area (Å²) in [6.07, 6.45) is 3.45. The third kappa shape index (κ3) is 3.92. The summed E-state index contributed by atoms with van der Waals surface area (Å²) in [6, 6.07) is 10.5. The number of sulfonamides is 1. The van der Waals surface area contributed by atoms with E-state index in [1.807, 2.05) is 0 Å². The molecule has 0 aliphatic carbocycles. The van der Waals surface area contributed by atoms with E-state index in [-0.39, 0.29) is 25.3 Å². The van der Waals surface area contributed by atoms with Crippen LogP contribution in [0.1, 0.15) is 35.3 Å². The SMILES string of the molecule is CCN(CC)S(=O)(=O)c1cc(C(=O)OCc2cn3ccccc3c2C#N)ccc1F. The first-order valence-corrected chi connectivity index (χ1v) is 10.7. The van der Waals surface area contributed by atoms with Crippen LogP contribution >= 0.6 is 0 Å². The van der Waals surface area contributed by atoms with E-state index >= 15 is 0 Å². The second-order valence-corrected chi connectivity index (χ2v) is 8.35. The third-order valence-electron chi connectivity index (χ3n) is 4.72. The Morgan fingerprint density at radius 3 is 2.63 bits per heavy atom. The average Bonchev–Trinajstić information content (AvgIpc) is 3.10. The second kappa shape index (κ2) is 8.65. The first-order valence-electron chi connectivity index (χ1n) is 9.29. The molecule has 7 nitrogen and oxygen atoms in total. The molecule has 1 aromatic carbocycles. The minimum atomic E-state index is -4.08. The molecule has 0 aliphatic heterocycles. The zero-order valence-electron chi connectivity index (χ0n) is 16.5. The van der Waals surface area contributed by atoms with E-state index in [0.29, 0.717) is 16.6 Å². The molecular formula is C21H20FN3O4S. The predicted molar refractivity (Wildman–Crippen MR) is 108 cm³/mol. The number of hydrogen-bond acceptors (Lipinski definition) is 5. The Morgan fingerprint density at radius 2 is 1.97 bits per heavy atom. The number of halogens is 1. The monoisotopic (exact) mass is 429 g/mol. The van der Waals surface area contributed by atoms with Crippen molar-refractivity contribution in [3.05, 3.63) is 71.3 Å². The van der Waals surface area contributed by atoms with Crippen LogP contribution in [0, 0.1) is 17.1 Å². The molecule has 0 bridgehead atoms. The molecule has 2 aromatic heterocycles. The summed E-state index contributed by atoms with van der Waals surface area (Å²) in [5, 5.41) is 9.43. The summed E-state index contributed by atoms with van der Waals surface area (Å²) in [6.45, 7) is 3.45. The van der Waals surface area contributed by atoms with Crippen molar-refractivity contribution >= 4 is 21.5 Å². The van der Waals surface area contributed by atoms with Crippen LogP contribution in [-0.2, 0) is 21.4 Å². The Balaban J connectivity index is 1.86. The van der Waals surface area contributed by atoms with Gasteiger partial charge in [-0.2, -0.15) is 9.57 Å². The maximum Gasteiger partial charge on any atom is 0.338 e. The molecule has 0 unspecified atom stereocenters. The number of esters is 1. The van der Waals surface area contributed by atoms with Crippen LogP contribution in [0.25, 0.3) is 5.52 Å². The molecule has 156 valence electrons. The number of nitriles is 1. The minimum Gasteiger partial charge on any atom is -0.457 e. The highest BCUT2D eigenvalue weighted by Crippen LogP contribution is 2.22. The highest BCUT2D eigenvalue weighted by Gasteiger charge is 2.26. The van der Waals surface area contributed by atoms with Crippen LogP contribution in [0.4, 0.5) is 4.39 Å². The zero-order valence-corrected chi connectivity index (χ0v) is 17.3. The van der Waals surface area contributed by atoms with Gasteiger partial charge in [0.1, 0.15) is 23.4 Å². The van der Waals surface area contributed by atoms with Crippen molar-refractivity contribution in [2.24, 2.45) is 0 Å². The molecular weight excluding hydrogens is 409 g/mol. The smallest absolute Gasteiger partial charge is 0.338 e. The van der Waals surface area contributed by atoms with Crippen molar-refractivity contribution < 1.29 is 22.3 Å². The van der Waals surface area contributed by atoms with Crippen molar-refractivity contribution in [1.82, 2.24) is 8.71 Å². The van der Waals surface area contributed by atoms with Gasteiger partial charge in [0.05, 0.1) is 16.6 Å². The normalized spacial score (nSPS) is 11.6. The molecule has 2 heterocycles. The summed E-state index contributed by atoms with van der Waals surface area (Å²) < 4.78 is 47.6. The van der Waals surface area contributed by atoms with Gasteiger partial charge in [-0.1, -0.05) is 19.9 Å². The predicted octanol–water partition coefficient (Wildman–Crippen LogP) is 3.34. The van der Waals surface area contributed by atoms with Gasteiger partial charge in [0, 0.05) is 31.0 Å². The standard InChI is InChI=1S/C21H20FN3O4S/c1-3-25(4-2)30(27,28)20-11-15(8-9-18(20)22)21(26)29-14-16-13-24-10-6-5-7-19(24)17(16)12-23/h5-11,13H,3-4,14H2,1-2H3. The summed E-state index contributed by atoms with van der Waals surface area (Å²) in [5.41, 5.74) is 1.48. The lowest BCUT2D eigenvalue weighted by atomic mass is 10.2. The van der Waals surface area contributed by atoms with E-state index in [1.54, 1.807) is 48.8 Å². The molecule has 9 heteroatoms. The molecule has 0 aliphatic rings.